The number of fused-ring (bicyclic) bond motifs is 1. The number of hydrogen-bond acceptors (Lipinski definition) is 4. The molecule has 0 aliphatic rings. The smallest absolute Gasteiger partial charge is 0.214 e. The van der Waals surface area contributed by atoms with Crippen LogP contribution < -0.4 is 4.74 Å². The van der Waals surface area contributed by atoms with Crippen LogP contribution in [-0.2, 0) is 6.54 Å². The number of hydrogen-bond donors (Lipinski definition) is 1. The Labute approximate surface area is 121 Å². The van der Waals surface area contributed by atoms with Crippen LogP contribution in [0.4, 0.5) is 0 Å². The summed E-state index contributed by atoms with van der Waals surface area (Å²) in [6.07, 6.45) is 1.71. The van der Waals surface area contributed by atoms with Crippen molar-refractivity contribution in [2.24, 2.45) is 0 Å². The number of nitrogens with one attached hydrogen (secondary N) is 1. The molecule has 6 heteroatoms. The Bertz CT molecular complexity index is 800. The molecule has 3 aromatic rings. The lowest BCUT2D eigenvalue weighted by atomic mass is 10.3. The van der Waals surface area contributed by atoms with Crippen molar-refractivity contribution in [1.82, 2.24) is 14.5 Å². The number of ether oxygens (including phenoxy) is 1. The van der Waals surface area contributed by atoms with E-state index in [1.165, 1.54) is 0 Å². The lowest BCUT2D eigenvalue weighted by Crippen LogP contribution is -2.00. The first kappa shape index (κ1) is 12.9. The maximum absolute atomic E-state index is 5.61. The first-order valence-corrected chi connectivity index (χ1v) is 6.85. The zero-order valence-corrected chi connectivity index (χ0v) is 12.2. The van der Waals surface area contributed by atoms with Gasteiger partial charge in [0.1, 0.15) is 23.6 Å². The highest BCUT2D eigenvalue weighted by Gasteiger charge is 2.11. The molecule has 0 saturated heterocycles. The van der Waals surface area contributed by atoms with Crippen LogP contribution >= 0.6 is 12.2 Å². The zero-order valence-electron chi connectivity index (χ0n) is 11.3. The number of aryl methyl sites for hydroxylation is 1. The monoisotopic (exact) mass is 289 g/mol. The Morgan fingerprint density at radius 3 is 3.00 bits per heavy atom. The molecule has 104 valence electrons. The summed E-state index contributed by atoms with van der Waals surface area (Å²) >= 11 is 5.39. The second-order valence-corrected chi connectivity index (χ2v) is 4.85. The van der Waals surface area contributed by atoms with E-state index in [4.69, 9.17) is 21.4 Å². The topological polar surface area (TPSA) is 56.0 Å². The number of oxazole rings is 1. The lowest BCUT2D eigenvalue weighted by Gasteiger charge is -2.05. The van der Waals surface area contributed by atoms with Crippen molar-refractivity contribution in [1.29, 1.82) is 0 Å². The minimum absolute atomic E-state index is 0.502. The summed E-state index contributed by atoms with van der Waals surface area (Å²) in [5.74, 6) is 2.24. The normalized spacial score (nSPS) is 11.1. The third-order valence-corrected chi connectivity index (χ3v) is 3.36. The van der Waals surface area contributed by atoms with E-state index in [2.05, 4.69) is 9.97 Å². The van der Waals surface area contributed by atoms with Gasteiger partial charge in [-0.15, -0.1) is 0 Å². The van der Waals surface area contributed by atoms with Crippen LogP contribution in [0.3, 0.4) is 0 Å². The van der Waals surface area contributed by atoms with Crippen molar-refractivity contribution in [3.8, 4) is 5.75 Å². The van der Waals surface area contributed by atoms with Crippen molar-refractivity contribution in [2.45, 2.75) is 20.4 Å². The van der Waals surface area contributed by atoms with Crippen LogP contribution in [0, 0.1) is 11.7 Å². The highest BCUT2D eigenvalue weighted by Crippen LogP contribution is 2.25. The van der Waals surface area contributed by atoms with Crippen molar-refractivity contribution >= 4 is 23.3 Å². The van der Waals surface area contributed by atoms with Crippen LogP contribution in [-0.4, -0.2) is 21.1 Å². The standard InChI is InChI=1S/C14H15N3O2S/c1-3-18-11-6-4-5-10-13(11)16-14(20)17(10)8-12-15-7-9(2)19-12/h4-7H,3,8H2,1-2H3,(H,16,20). The summed E-state index contributed by atoms with van der Waals surface area (Å²) in [5, 5.41) is 0. The van der Waals surface area contributed by atoms with E-state index in [0.717, 1.165) is 22.5 Å². The fourth-order valence-corrected chi connectivity index (χ4v) is 2.46. The molecule has 20 heavy (non-hydrogen) atoms. The zero-order chi connectivity index (χ0) is 14.1. The average molecular weight is 289 g/mol. The molecule has 2 heterocycles. The molecule has 0 saturated carbocycles. The van der Waals surface area contributed by atoms with E-state index in [0.29, 0.717) is 23.8 Å². The van der Waals surface area contributed by atoms with Gasteiger partial charge in [-0.1, -0.05) is 6.07 Å². The second kappa shape index (κ2) is 5.13. The van der Waals surface area contributed by atoms with E-state index >= 15 is 0 Å². The molecule has 1 N–H and O–H groups in total. The van der Waals surface area contributed by atoms with Crippen LogP contribution in [0.2, 0.25) is 0 Å². The van der Waals surface area contributed by atoms with E-state index in [-0.39, 0.29) is 0 Å². The van der Waals surface area contributed by atoms with Gasteiger partial charge >= 0.3 is 0 Å². The van der Waals surface area contributed by atoms with Gasteiger partial charge in [0.25, 0.3) is 0 Å². The van der Waals surface area contributed by atoms with Gasteiger partial charge in [-0.25, -0.2) is 4.98 Å². The molecule has 0 amide bonds. The first-order chi connectivity index (χ1) is 9.69. The molecule has 1 aromatic carbocycles. The number of benzene rings is 1. The number of para-hydroxylation sites is 1. The lowest BCUT2D eigenvalue weighted by molar-refractivity contribution is 0.343. The largest absolute Gasteiger partial charge is 0.492 e. The number of rotatable bonds is 4. The van der Waals surface area contributed by atoms with Crippen LogP contribution in [0.15, 0.2) is 28.8 Å². The van der Waals surface area contributed by atoms with E-state index in [1.807, 2.05) is 36.6 Å². The molecule has 0 aliphatic heterocycles. The predicted octanol–water partition coefficient (Wildman–Crippen LogP) is 3.44. The van der Waals surface area contributed by atoms with Gasteiger partial charge in [0.05, 0.1) is 18.3 Å². The van der Waals surface area contributed by atoms with Gasteiger partial charge in [-0.05, 0) is 38.2 Å². The molecular weight excluding hydrogens is 274 g/mol. The number of aromatic amines is 1. The first-order valence-electron chi connectivity index (χ1n) is 6.44. The molecule has 0 fully saturated rings. The number of nitrogens with zero attached hydrogens (tertiary/aromatic N) is 2. The SMILES string of the molecule is CCOc1cccc2c1[nH]c(=S)n2Cc1ncc(C)o1. The summed E-state index contributed by atoms with van der Waals surface area (Å²) < 4.78 is 13.7. The molecule has 0 unspecified atom stereocenters. The summed E-state index contributed by atoms with van der Waals surface area (Å²) in [6, 6.07) is 5.88. The number of aromatic nitrogens is 3. The molecule has 0 radical (unpaired) electrons. The maximum atomic E-state index is 5.61. The van der Waals surface area contributed by atoms with E-state index in [9.17, 15) is 0 Å². The molecular formula is C14H15N3O2S. The Kier molecular flexibility index (Phi) is 3.31. The maximum Gasteiger partial charge on any atom is 0.214 e. The highest BCUT2D eigenvalue weighted by atomic mass is 32.1. The predicted molar refractivity (Wildman–Crippen MR) is 78.6 cm³/mol. The Morgan fingerprint density at radius 2 is 2.30 bits per heavy atom. The van der Waals surface area contributed by atoms with E-state index < -0.39 is 0 Å². The Morgan fingerprint density at radius 1 is 1.45 bits per heavy atom. The van der Waals surface area contributed by atoms with Gasteiger partial charge < -0.3 is 18.7 Å². The van der Waals surface area contributed by atoms with Gasteiger partial charge in [0.2, 0.25) is 5.89 Å². The molecule has 0 bridgehead atoms. The van der Waals surface area contributed by atoms with Crippen LogP contribution in [0.25, 0.3) is 11.0 Å². The minimum atomic E-state index is 0.502. The molecule has 5 nitrogen and oxygen atoms in total. The van der Waals surface area contributed by atoms with Crippen molar-refractivity contribution in [2.75, 3.05) is 6.61 Å². The van der Waals surface area contributed by atoms with Crippen molar-refractivity contribution in [3.63, 3.8) is 0 Å². The Balaban J connectivity index is 2.09. The van der Waals surface area contributed by atoms with Crippen LogP contribution in [0.5, 0.6) is 5.75 Å². The number of imidazole rings is 1. The summed E-state index contributed by atoms with van der Waals surface area (Å²) in [5.41, 5.74) is 1.89. The Hall–Kier alpha value is -2.08. The molecule has 0 aliphatic carbocycles. The van der Waals surface area contributed by atoms with Gasteiger partial charge in [0.15, 0.2) is 4.77 Å². The fourth-order valence-electron chi connectivity index (χ4n) is 2.20. The summed E-state index contributed by atoms with van der Waals surface area (Å²) in [7, 11) is 0. The van der Waals surface area contributed by atoms with E-state index in [1.54, 1.807) is 6.20 Å². The fraction of sp³-hybridized carbons (Fsp3) is 0.286. The summed E-state index contributed by atoms with van der Waals surface area (Å²) in [4.78, 5) is 7.41. The van der Waals surface area contributed by atoms with Gasteiger partial charge in [-0.3, -0.25) is 0 Å². The second-order valence-electron chi connectivity index (χ2n) is 4.46. The van der Waals surface area contributed by atoms with Crippen LogP contribution in [0.1, 0.15) is 18.6 Å². The van der Waals surface area contributed by atoms with Gasteiger partial charge in [0, 0.05) is 0 Å². The molecule has 0 spiro atoms. The minimum Gasteiger partial charge on any atom is -0.492 e. The molecule has 3 rings (SSSR count). The molecule has 0 atom stereocenters. The molecule has 2 aromatic heterocycles. The number of H-pyrrole nitrogens is 1. The van der Waals surface area contributed by atoms with Gasteiger partial charge in [-0.2, -0.15) is 0 Å². The quantitative estimate of drug-likeness (QED) is 0.747. The van der Waals surface area contributed by atoms with Crippen molar-refractivity contribution in [3.05, 3.63) is 40.8 Å². The third kappa shape index (κ3) is 2.22. The highest BCUT2D eigenvalue weighted by molar-refractivity contribution is 7.71. The average Bonchev–Trinajstić information content (AvgIpc) is 2.97. The third-order valence-electron chi connectivity index (χ3n) is 3.03. The van der Waals surface area contributed by atoms with Crippen molar-refractivity contribution < 1.29 is 9.15 Å². The summed E-state index contributed by atoms with van der Waals surface area (Å²) in [6.45, 7) is 4.95.